The summed E-state index contributed by atoms with van der Waals surface area (Å²) in [5.41, 5.74) is 0.444. The number of aryl methyl sites for hydroxylation is 1. The molecule has 3 aromatic rings. The fraction of sp³-hybridized carbons (Fsp3) is 0.211. The Morgan fingerprint density at radius 2 is 1.67 bits per heavy atom. The number of carbonyl (C=O) groups is 1. The molecule has 0 fully saturated rings. The molecule has 0 unspecified atom stereocenters. The highest BCUT2D eigenvalue weighted by Gasteiger charge is 2.21. The molecule has 8 heteroatoms. The predicted molar refractivity (Wildman–Crippen MR) is 104 cm³/mol. The van der Waals surface area contributed by atoms with Gasteiger partial charge in [0.2, 0.25) is 0 Å². The Morgan fingerprint density at radius 3 is 2.22 bits per heavy atom. The van der Waals surface area contributed by atoms with Gasteiger partial charge in [-0.15, -0.1) is 0 Å². The van der Waals surface area contributed by atoms with Crippen LogP contribution in [0.1, 0.15) is 17.4 Å². The third kappa shape index (κ3) is 3.48. The van der Waals surface area contributed by atoms with Gasteiger partial charge in [-0.25, -0.2) is 13.1 Å². The van der Waals surface area contributed by atoms with Crippen LogP contribution >= 0.6 is 0 Å². The second-order valence-electron chi connectivity index (χ2n) is 6.15. The predicted octanol–water partition coefficient (Wildman–Crippen LogP) is 2.10. The minimum absolute atomic E-state index is 0.168. The van der Waals surface area contributed by atoms with Gasteiger partial charge in [0.15, 0.2) is 15.5 Å². The highest BCUT2D eigenvalue weighted by atomic mass is 32.2. The van der Waals surface area contributed by atoms with Crippen LogP contribution in [0.25, 0.3) is 10.8 Å². The minimum Gasteiger partial charge on any atom is -0.310 e. The van der Waals surface area contributed by atoms with Gasteiger partial charge in [-0.2, -0.15) is 5.10 Å². The molecule has 0 bridgehead atoms. The monoisotopic (exact) mass is 385 g/mol. The third-order valence-corrected chi connectivity index (χ3v) is 5.46. The summed E-state index contributed by atoms with van der Waals surface area (Å²) in [4.78, 5) is 27.0. The van der Waals surface area contributed by atoms with Gasteiger partial charge in [-0.1, -0.05) is 18.2 Å². The van der Waals surface area contributed by atoms with E-state index in [1.54, 1.807) is 50.4 Å². The van der Waals surface area contributed by atoms with Gasteiger partial charge in [-0.05, 0) is 37.3 Å². The number of nitrogens with zero attached hydrogens (tertiary/aromatic N) is 3. The van der Waals surface area contributed by atoms with Gasteiger partial charge in [0.1, 0.15) is 0 Å². The SMILES string of the molecule is CCn1nc(C(=O)N(C)c2ccc(S(C)(=O)=O)cc2)c2ccccc2c1=O. The number of amides is 1. The van der Waals surface area contributed by atoms with Gasteiger partial charge >= 0.3 is 0 Å². The molecule has 3 rings (SSSR count). The lowest BCUT2D eigenvalue weighted by molar-refractivity contribution is 0.0987. The lowest BCUT2D eigenvalue weighted by Crippen LogP contribution is -2.31. The number of carbonyl (C=O) groups excluding carboxylic acids is 1. The van der Waals surface area contributed by atoms with Crippen molar-refractivity contribution in [3.8, 4) is 0 Å². The van der Waals surface area contributed by atoms with Crippen molar-refractivity contribution in [2.75, 3.05) is 18.2 Å². The fourth-order valence-corrected chi connectivity index (χ4v) is 3.43. The largest absolute Gasteiger partial charge is 0.310 e. The zero-order valence-corrected chi connectivity index (χ0v) is 16.0. The Balaban J connectivity index is 2.08. The molecule has 0 aliphatic carbocycles. The zero-order chi connectivity index (χ0) is 19.8. The van der Waals surface area contributed by atoms with Gasteiger partial charge in [0.05, 0.1) is 10.3 Å². The van der Waals surface area contributed by atoms with E-state index in [0.717, 1.165) is 6.26 Å². The van der Waals surface area contributed by atoms with Crippen LogP contribution in [0.3, 0.4) is 0 Å². The molecule has 140 valence electrons. The number of sulfone groups is 1. The van der Waals surface area contributed by atoms with E-state index in [0.29, 0.717) is 23.0 Å². The molecule has 0 saturated carbocycles. The number of fused-ring (bicyclic) bond motifs is 1. The van der Waals surface area contributed by atoms with E-state index in [2.05, 4.69) is 5.10 Å². The molecule has 0 aliphatic heterocycles. The lowest BCUT2D eigenvalue weighted by atomic mass is 10.1. The molecule has 1 amide bonds. The fourth-order valence-electron chi connectivity index (χ4n) is 2.80. The number of benzene rings is 2. The molecule has 7 nitrogen and oxygen atoms in total. The quantitative estimate of drug-likeness (QED) is 0.686. The van der Waals surface area contributed by atoms with Crippen LogP contribution < -0.4 is 10.5 Å². The summed E-state index contributed by atoms with van der Waals surface area (Å²) in [6.07, 6.45) is 1.13. The Kier molecular flexibility index (Phi) is 4.84. The Bertz CT molecular complexity index is 1180. The highest BCUT2D eigenvalue weighted by Crippen LogP contribution is 2.21. The molecular formula is C19H19N3O4S. The van der Waals surface area contributed by atoms with E-state index in [-0.39, 0.29) is 22.1 Å². The Labute approximate surface area is 156 Å². The van der Waals surface area contributed by atoms with Gasteiger partial charge in [0, 0.05) is 30.9 Å². The summed E-state index contributed by atoms with van der Waals surface area (Å²) in [5, 5.41) is 5.15. The lowest BCUT2D eigenvalue weighted by Gasteiger charge is -2.18. The molecule has 0 atom stereocenters. The maximum Gasteiger partial charge on any atom is 0.279 e. The van der Waals surface area contributed by atoms with E-state index in [9.17, 15) is 18.0 Å². The number of anilines is 1. The summed E-state index contributed by atoms with van der Waals surface area (Å²) < 4.78 is 24.5. The van der Waals surface area contributed by atoms with Crippen LogP contribution in [0, 0.1) is 0 Å². The van der Waals surface area contributed by atoms with Crippen molar-refractivity contribution in [3.05, 3.63) is 64.6 Å². The van der Waals surface area contributed by atoms with Gasteiger partial charge in [0.25, 0.3) is 11.5 Å². The summed E-state index contributed by atoms with van der Waals surface area (Å²) in [6, 6.07) is 12.9. The van der Waals surface area contributed by atoms with Crippen molar-refractivity contribution in [2.45, 2.75) is 18.4 Å². The summed E-state index contributed by atoms with van der Waals surface area (Å²) in [7, 11) is -1.74. The Hall–Kier alpha value is -3.00. The third-order valence-electron chi connectivity index (χ3n) is 4.33. The molecule has 1 heterocycles. The first kappa shape index (κ1) is 18.8. The summed E-state index contributed by atoms with van der Waals surface area (Å²) in [5.74, 6) is -0.388. The maximum absolute atomic E-state index is 13.1. The second kappa shape index (κ2) is 6.96. The van der Waals surface area contributed by atoms with Crippen LogP contribution in [0.15, 0.2) is 58.2 Å². The van der Waals surface area contributed by atoms with Crippen LogP contribution in [0.2, 0.25) is 0 Å². The van der Waals surface area contributed by atoms with Gasteiger partial charge < -0.3 is 4.90 Å². The molecule has 2 aromatic carbocycles. The maximum atomic E-state index is 13.1. The molecule has 27 heavy (non-hydrogen) atoms. The first-order chi connectivity index (χ1) is 12.7. The van der Waals surface area contributed by atoms with E-state index >= 15 is 0 Å². The van der Waals surface area contributed by atoms with Crippen LogP contribution in [0.4, 0.5) is 5.69 Å². The van der Waals surface area contributed by atoms with Crippen molar-refractivity contribution in [3.63, 3.8) is 0 Å². The molecule has 0 saturated heterocycles. The van der Waals surface area contributed by atoms with E-state index in [1.165, 1.54) is 21.7 Å². The highest BCUT2D eigenvalue weighted by molar-refractivity contribution is 7.90. The minimum atomic E-state index is -3.31. The first-order valence-electron chi connectivity index (χ1n) is 8.32. The van der Waals surface area contributed by atoms with Crippen molar-refractivity contribution < 1.29 is 13.2 Å². The molecular weight excluding hydrogens is 366 g/mol. The van der Waals surface area contributed by atoms with E-state index in [1.807, 2.05) is 0 Å². The van der Waals surface area contributed by atoms with Crippen LogP contribution in [-0.2, 0) is 16.4 Å². The van der Waals surface area contributed by atoms with Crippen LogP contribution in [0.5, 0.6) is 0 Å². The van der Waals surface area contributed by atoms with E-state index in [4.69, 9.17) is 0 Å². The van der Waals surface area contributed by atoms with E-state index < -0.39 is 9.84 Å². The van der Waals surface area contributed by atoms with Crippen molar-refractivity contribution in [2.24, 2.45) is 0 Å². The van der Waals surface area contributed by atoms with Crippen molar-refractivity contribution >= 4 is 32.2 Å². The molecule has 0 radical (unpaired) electrons. The average molecular weight is 385 g/mol. The second-order valence-corrected chi connectivity index (χ2v) is 8.16. The summed E-state index contributed by atoms with van der Waals surface area (Å²) >= 11 is 0. The van der Waals surface area contributed by atoms with Gasteiger partial charge in [-0.3, -0.25) is 9.59 Å². The Morgan fingerprint density at radius 1 is 1.07 bits per heavy atom. The zero-order valence-electron chi connectivity index (χ0n) is 15.2. The number of hydrogen-bond acceptors (Lipinski definition) is 5. The standard InChI is InChI=1S/C19H19N3O4S/c1-4-22-18(23)16-8-6-5-7-15(16)17(20-22)19(24)21(2)13-9-11-14(12-10-13)27(3,25)26/h5-12H,4H2,1-3H3. The molecule has 1 aromatic heterocycles. The smallest absolute Gasteiger partial charge is 0.279 e. The molecule has 0 aliphatic rings. The molecule has 0 N–H and O–H groups in total. The van der Waals surface area contributed by atoms with Crippen molar-refractivity contribution in [1.29, 1.82) is 0 Å². The average Bonchev–Trinajstić information content (AvgIpc) is 2.67. The normalized spacial score (nSPS) is 11.5. The number of rotatable bonds is 4. The van der Waals surface area contributed by atoms with Crippen LogP contribution in [-0.4, -0.2) is 37.4 Å². The van der Waals surface area contributed by atoms with Crippen molar-refractivity contribution in [1.82, 2.24) is 9.78 Å². The molecule has 0 spiro atoms. The topological polar surface area (TPSA) is 89.3 Å². The summed E-state index contributed by atoms with van der Waals surface area (Å²) in [6.45, 7) is 2.13. The number of aromatic nitrogens is 2. The number of hydrogen-bond donors (Lipinski definition) is 0. The first-order valence-corrected chi connectivity index (χ1v) is 10.2.